The molecule has 0 spiro atoms. The van der Waals surface area contributed by atoms with E-state index in [-0.39, 0.29) is 0 Å². The zero-order chi connectivity index (χ0) is 21.3. The molecule has 1 N–H and O–H groups in total. The molecule has 0 radical (unpaired) electrons. The van der Waals surface area contributed by atoms with Crippen molar-refractivity contribution in [3.05, 3.63) is 60.2 Å². The van der Waals surface area contributed by atoms with E-state index in [0.29, 0.717) is 12.5 Å². The Morgan fingerprint density at radius 2 is 1.94 bits per heavy atom. The summed E-state index contributed by atoms with van der Waals surface area (Å²) in [7, 11) is 0. The molecule has 0 atom stereocenters. The van der Waals surface area contributed by atoms with Crippen molar-refractivity contribution in [2.24, 2.45) is 0 Å². The fourth-order valence-electron chi connectivity index (χ4n) is 4.31. The van der Waals surface area contributed by atoms with Gasteiger partial charge in [0.2, 0.25) is 5.95 Å². The van der Waals surface area contributed by atoms with Gasteiger partial charge < -0.3 is 19.7 Å². The molecule has 0 saturated carbocycles. The van der Waals surface area contributed by atoms with E-state index in [1.165, 1.54) is 11.1 Å². The Hall–Kier alpha value is -3.72. The van der Waals surface area contributed by atoms with Crippen LogP contribution in [0, 0.1) is 0 Å². The van der Waals surface area contributed by atoms with E-state index in [1.54, 1.807) is 6.33 Å². The van der Waals surface area contributed by atoms with Crippen LogP contribution in [0.3, 0.4) is 0 Å². The van der Waals surface area contributed by atoms with Gasteiger partial charge in [0, 0.05) is 55.1 Å². The second kappa shape index (κ2) is 8.08. The van der Waals surface area contributed by atoms with E-state index in [2.05, 4.69) is 42.5 Å². The minimum absolute atomic E-state index is 0.655. The number of nitrogens with one attached hydrogen (secondary N) is 1. The number of hydrogen-bond acceptors (Lipinski definition) is 8. The van der Waals surface area contributed by atoms with Gasteiger partial charge in [0.15, 0.2) is 5.65 Å². The number of anilines is 2. The minimum Gasteiger partial charge on any atom is -0.493 e. The molecule has 0 amide bonds. The summed E-state index contributed by atoms with van der Waals surface area (Å²) in [6.45, 7) is 4.59. The van der Waals surface area contributed by atoms with E-state index in [0.717, 1.165) is 67.7 Å². The second-order valence-corrected chi connectivity index (χ2v) is 7.87. The predicted molar refractivity (Wildman–Crippen MR) is 120 cm³/mol. The third-order valence-electron chi connectivity index (χ3n) is 6.00. The van der Waals surface area contributed by atoms with Crippen molar-refractivity contribution in [3.63, 3.8) is 0 Å². The van der Waals surface area contributed by atoms with Gasteiger partial charge >= 0.3 is 0 Å². The molecule has 9 nitrogen and oxygen atoms in total. The molecule has 5 heterocycles. The molecule has 2 aliphatic rings. The molecule has 1 aromatic carbocycles. The first-order valence-corrected chi connectivity index (χ1v) is 10.8. The highest BCUT2D eigenvalue weighted by atomic mass is 16.5. The Labute approximate surface area is 185 Å². The smallest absolute Gasteiger partial charge is 0.210 e. The van der Waals surface area contributed by atoms with Crippen molar-refractivity contribution in [2.45, 2.75) is 13.0 Å². The summed E-state index contributed by atoms with van der Waals surface area (Å²) in [4.78, 5) is 11.6. The van der Waals surface area contributed by atoms with E-state index in [4.69, 9.17) is 9.47 Å². The zero-order valence-corrected chi connectivity index (χ0v) is 17.6. The molecule has 3 aromatic heterocycles. The SMILES string of the molecule is c1cc(CNc2ncc(-c3ccc(N4CCOCC4)nc3)c3nncn23)c2c(c1)OCC2. The predicted octanol–water partition coefficient (Wildman–Crippen LogP) is 2.57. The normalized spacial score (nSPS) is 15.6. The summed E-state index contributed by atoms with van der Waals surface area (Å²) < 4.78 is 13.0. The molecule has 1 fully saturated rings. The quantitative estimate of drug-likeness (QED) is 0.518. The van der Waals surface area contributed by atoms with Crippen molar-refractivity contribution in [1.29, 1.82) is 0 Å². The number of fused-ring (bicyclic) bond motifs is 2. The van der Waals surface area contributed by atoms with Crippen molar-refractivity contribution in [3.8, 4) is 16.9 Å². The topological polar surface area (TPSA) is 89.7 Å². The lowest BCUT2D eigenvalue weighted by Crippen LogP contribution is -2.36. The Morgan fingerprint density at radius 3 is 2.81 bits per heavy atom. The molecule has 0 aliphatic carbocycles. The maximum absolute atomic E-state index is 5.68. The molecule has 0 unspecified atom stereocenters. The lowest BCUT2D eigenvalue weighted by Gasteiger charge is -2.27. The Balaban J connectivity index is 1.25. The maximum Gasteiger partial charge on any atom is 0.210 e. The Morgan fingerprint density at radius 1 is 1.00 bits per heavy atom. The number of morpholine rings is 1. The van der Waals surface area contributed by atoms with Crippen LogP contribution in [-0.2, 0) is 17.7 Å². The van der Waals surface area contributed by atoms with Gasteiger partial charge in [-0.05, 0) is 23.8 Å². The van der Waals surface area contributed by atoms with E-state index >= 15 is 0 Å². The average Bonchev–Trinajstić information content (AvgIpc) is 3.54. The van der Waals surface area contributed by atoms with Gasteiger partial charge in [-0.25, -0.2) is 9.97 Å². The first kappa shape index (κ1) is 19.0. The summed E-state index contributed by atoms with van der Waals surface area (Å²) in [6.07, 6.45) is 6.32. The first-order valence-electron chi connectivity index (χ1n) is 10.8. The number of aromatic nitrogens is 5. The Bertz CT molecular complexity index is 1250. The molecule has 9 heteroatoms. The van der Waals surface area contributed by atoms with Gasteiger partial charge in [0.1, 0.15) is 17.9 Å². The van der Waals surface area contributed by atoms with Gasteiger partial charge in [-0.3, -0.25) is 4.40 Å². The highest BCUT2D eigenvalue weighted by molar-refractivity contribution is 5.77. The number of ether oxygens (including phenoxy) is 2. The molecule has 2 aliphatic heterocycles. The molecular weight excluding hydrogens is 406 g/mol. The van der Waals surface area contributed by atoms with Crippen LogP contribution in [0.25, 0.3) is 16.8 Å². The number of hydrogen-bond donors (Lipinski definition) is 1. The van der Waals surface area contributed by atoms with E-state index in [9.17, 15) is 0 Å². The maximum atomic E-state index is 5.68. The highest BCUT2D eigenvalue weighted by Crippen LogP contribution is 2.29. The van der Waals surface area contributed by atoms with Crippen molar-refractivity contribution in [2.75, 3.05) is 43.1 Å². The van der Waals surface area contributed by atoms with Crippen molar-refractivity contribution in [1.82, 2.24) is 24.6 Å². The van der Waals surface area contributed by atoms with Crippen LogP contribution >= 0.6 is 0 Å². The summed E-state index contributed by atoms with van der Waals surface area (Å²) >= 11 is 0. The fourth-order valence-corrected chi connectivity index (χ4v) is 4.31. The number of pyridine rings is 1. The summed E-state index contributed by atoms with van der Waals surface area (Å²) in [6, 6.07) is 10.3. The zero-order valence-electron chi connectivity index (χ0n) is 17.6. The molecular formula is C23H23N7O2. The first-order chi connectivity index (χ1) is 15.9. The molecule has 0 bridgehead atoms. The number of benzene rings is 1. The van der Waals surface area contributed by atoms with Gasteiger partial charge in [-0.15, -0.1) is 10.2 Å². The number of rotatable bonds is 5. The van der Waals surface area contributed by atoms with Crippen LogP contribution in [0.5, 0.6) is 5.75 Å². The van der Waals surface area contributed by atoms with Gasteiger partial charge in [-0.2, -0.15) is 0 Å². The van der Waals surface area contributed by atoms with Crippen molar-refractivity contribution >= 4 is 17.4 Å². The largest absolute Gasteiger partial charge is 0.493 e. The Kier molecular flexibility index (Phi) is 4.80. The molecule has 4 aromatic rings. The molecule has 162 valence electrons. The van der Waals surface area contributed by atoms with Crippen LogP contribution in [0.1, 0.15) is 11.1 Å². The van der Waals surface area contributed by atoms with Gasteiger partial charge in [0.05, 0.1) is 19.8 Å². The lowest BCUT2D eigenvalue weighted by atomic mass is 10.1. The summed E-state index contributed by atoms with van der Waals surface area (Å²) in [5.41, 5.74) is 5.07. The third-order valence-corrected chi connectivity index (χ3v) is 6.00. The number of nitrogens with zero attached hydrogens (tertiary/aromatic N) is 6. The minimum atomic E-state index is 0.655. The molecule has 1 saturated heterocycles. The highest BCUT2D eigenvalue weighted by Gasteiger charge is 2.17. The molecule has 6 rings (SSSR count). The third kappa shape index (κ3) is 3.40. The lowest BCUT2D eigenvalue weighted by molar-refractivity contribution is 0.122. The monoisotopic (exact) mass is 429 g/mol. The van der Waals surface area contributed by atoms with E-state index < -0.39 is 0 Å². The fraction of sp³-hybridized carbons (Fsp3) is 0.304. The van der Waals surface area contributed by atoms with E-state index in [1.807, 2.05) is 35.0 Å². The van der Waals surface area contributed by atoms with Crippen molar-refractivity contribution < 1.29 is 9.47 Å². The second-order valence-electron chi connectivity index (χ2n) is 7.87. The van der Waals surface area contributed by atoms with Crippen LogP contribution in [0.2, 0.25) is 0 Å². The van der Waals surface area contributed by atoms with Crippen LogP contribution < -0.4 is 15.0 Å². The standard InChI is InChI=1S/C23H23N7O2/c1-2-16(18-6-9-32-20(18)3-1)13-25-23-26-14-19(22-28-27-15-30(22)23)17-4-5-21(24-12-17)29-7-10-31-11-8-29/h1-5,12,14-15H,6-11,13H2,(H,25,26). The van der Waals surface area contributed by atoms with Crippen LogP contribution in [-0.4, -0.2) is 57.5 Å². The average molecular weight is 429 g/mol. The van der Waals surface area contributed by atoms with Crippen LogP contribution in [0.15, 0.2) is 49.1 Å². The molecule has 32 heavy (non-hydrogen) atoms. The van der Waals surface area contributed by atoms with Gasteiger partial charge in [0.25, 0.3) is 0 Å². The summed E-state index contributed by atoms with van der Waals surface area (Å²) in [5.74, 6) is 2.64. The summed E-state index contributed by atoms with van der Waals surface area (Å²) in [5, 5.41) is 11.9. The van der Waals surface area contributed by atoms with Crippen LogP contribution in [0.4, 0.5) is 11.8 Å². The van der Waals surface area contributed by atoms with Gasteiger partial charge in [-0.1, -0.05) is 12.1 Å².